The Hall–Kier alpha value is -3.27. The fraction of sp³-hybridized carbons (Fsp3) is 0.273. The van der Waals surface area contributed by atoms with Gasteiger partial charge in [-0.25, -0.2) is 14.4 Å². The van der Waals surface area contributed by atoms with Crippen LogP contribution in [0, 0.1) is 5.82 Å². The van der Waals surface area contributed by atoms with Gasteiger partial charge in [-0.1, -0.05) is 6.07 Å². The predicted molar refractivity (Wildman–Crippen MR) is 121 cm³/mol. The first-order valence-corrected chi connectivity index (χ1v) is 10.9. The summed E-state index contributed by atoms with van der Waals surface area (Å²) in [6.07, 6.45) is 3.37. The Morgan fingerprint density at radius 1 is 1.22 bits per heavy atom. The maximum Gasteiger partial charge on any atom is 0.299 e. The van der Waals surface area contributed by atoms with Crippen molar-refractivity contribution >= 4 is 32.9 Å². The van der Waals surface area contributed by atoms with Gasteiger partial charge >= 0.3 is 0 Å². The summed E-state index contributed by atoms with van der Waals surface area (Å²) in [5, 5.41) is 13.0. The summed E-state index contributed by atoms with van der Waals surface area (Å²) in [4.78, 5) is 17.9. The third kappa shape index (κ3) is 3.64. The van der Waals surface area contributed by atoms with E-state index in [4.69, 9.17) is 9.72 Å². The van der Waals surface area contributed by atoms with Gasteiger partial charge in [0.1, 0.15) is 18.2 Å². The van der Waals surface area contributed by atoms with Gasteiger partial charge in [0.15, 0.2) is 22.8 Å². The van der Waals surface area contributed by atoms with E-state index >= 15 is 0 Å². The van der Waals surface area contributed by atoms with Gasteiger partial charge in [0, 0.05) is 18.3 Å². The number of imidazole rings is 1. The zero-order chi connectivity index (χ0) is 22.5. The number of benzene rings is 1. The van der Waals surface area contributed by atoms with Crippen molar-refractivity contribution in [2.24, 2.45) is 0 Å². The van der Waals surface area contributed by atoms with Crippen molar-refractivity contribution in [1.82, 2.24) is 24.5 Å². The van der Waals surface area contributed by atoms with Crippen LogP contribution in [0.1, 0.15) is 19.4 Å². The van der Waals surface area contributed by atoms with Gasteiger partial charge in [0.25, 0.3) is 6.01 Å². The summed E-state index contributed by atoms with van der Waals surface area (Å²) in [6, 6.07) is 7.23. The number of rotatable bonds is 5. The van der Waals surface area contributed by atoms with E-state index in [0.29, 0.717) is 58.4 Å². The van der Waals surface area contributed by atoms with Crippen LogP contribution in [0.15, 0.2) is 41.1 Å². The highest BCUT2D eigenvalue weighted by molar-refractivity contribution is 9.10. The highest BCUT2D eigenvalue weighted by Gasteiger charge is 2.36. The molecule has 1 aliphatic heterocycles. The van der Waals surface area contributed by atoms with E-state index in [1.54, 1.807) is 6.07 Å². The Kier molecular flexibility index (Phi) is 4.96. The number of hydrogen-bond donors (Lipinski definition) is 2. The maximum atomic E-state index is 13.8. The number of aromatic hydroxyl groups is 1. The summed E-state index contributed by atoms with van der Waals surface area (Å²) < 4.78 is 22.2. The summed E-state index contributed by atoms with van der Waals surface area (Å²) >= 11 is 3.34. The monoisotopic (exact) mass is 498 g/mol. The largest absolute Gasteiger partial charge is 0.507 e. The summed E-state index contributed by atoms with van der Waals surface area (Å²) in [7, 11) is 0. The van der Waals surface area contributed by atoms with Crippen molar-refractivity contribution in [3.8, 4) is 23.1 Å². The van der Waals surface area contributed by atoms with Gasteiger partial charge in [-0.3, -0.25) is 9.55 Å². The molecule has 0 fully saturated rings. The van der Waals surface area contributed by atoms with Gasteiger partial charge in [0.2, 0.25) is 0 Å². The molecular formula is C22H20BrFN6O2. The lowest BCUT2D eigenvalue weighted by Crippen LogP contribution is -2.25. The number of ether oxygens (including phenoxy) is 1. The molecule has 0 spiro atoms. The number of nitrogens with one attached hydrogen (secondary N) is 1. The number of fused-ring (bicyclic) bond motifs is 3. The van der Waals surface area contributed by atoms with Crippen LogP contribution in [0.5, 0.6) is 11.8 Å². The second kappa shape index (κ2) is 7.70. The molecule has 32 heavy (non-hydrogen) atoms. The second-order valence-corrected chi connectivity index (χ2v) is 9.11. The molecule has 1 aliphatic rings. The van der Waals surface area contributed by atoms with Gasteiger partial charge < -0.3 is 15.2 Å². The molecule has 5 rings (SSSR count). The molecule has 10 heteroatoms. The van der Waals surface area contributed by atoms with Crippen LogP contribution in [-0.2, 0) is 12.0 Å². The molecule has 4 heterocycles. The summed E-state index contributed by atoms with van der Waals surface area (Å²) in [5.74, 6) is 0.627. The molecule has 0 amide bonds. The van der Waals surface area contributed by atoms with E-state index < -0.39 is 5.82 Å². The predicted octanol–water partition coefficient (Wildman–Crippen LogP) is 4.28. The van der Waals surface area contributed by atoms with Crippen molar-refractivity contribution in [2.75, 3.05) is 18.5 Å². The minimum Gasteiger partial charge on any atom is -0.507 e. The Morgan fingerprint density at radius 2 is 2.06 bits per heavy atom. The van der Waals surface area contributed by atoms with Crippen molar-refractivity contribution in [2.45, 2.75) is 25.8 Å². The minimum absolute atomic E-state index is 0.197. The summed E-state index contributed by atoms with van der Waals surface area (Å²) in [6.45, 7) is 5.15. The molecule has 0 aliphatic carbocycles. The van der Waals surface area contributed by atoms with E-state index in [-0.39, 0.29) is 11.3 Å². The van der Waals surface area contributed by atoms with Crippen LogP contribution >= 0.6 is 15.9 Å². The molecule has 164 valence electrons. The van der Waals surface area contributed by atoms with E-state index in [1.165, 1.54) is 12.3 Å². The lowest BCUT2D eigenvalue weighted by atomic mass is 10.1. The molecule has 3 aromatic heterocycles. The number of nitrogens with zero attached hydrogens (tertiary/aromatic N) is 5. The minimum atomic E-state index is -0.458. The van der Waals surface area contributed by atoms with Crippen LogP contribution in [0.25, 0.3) is 22.6 Å². The standard InChI is InChI=1S/C22H20BrFN6O2/c1-22(2)11-32-21-27-17-19(26-6-5-12-3-4-16(31)15(23)7-12)28-18(29-20(17)30(21)22)13-8-14(24)10-25-9-13/h3-4,7-10,31H,5-6,11H2,1-2H3,(H,26,28,29). The molecule has 2 N–H and O–H groups in total. The normalized spacial score (nSPS) is 14.4. The number of hydrogen-bond acceptors (Lipinski definition) is 7. The van der Waals surface area contributed by atoms with Crippen molar-refractivity contribution < 1.29 is 14.2 Å². The SMILES string of the molecule is CC1(C)COc2nc3c(NCCc4ccc(O)c(Br)c4)nc(-c4cncc(F)c4)nc3n21. The number of phenolic OH excluding ortho intramolecular Hbond substituents is 1. The maximum absolute atomic E-state index is 13.8. The fourth-order valence-corrected chi connectivity index (χ4v) is 4.13. The Balaban J connectivity index is 1.54. The highest BCUT2D eigenvalue weighted by atomic mass is 79.9. The van der Waals surface area contributed by atoms with Crippen molar-refractivity contribution in [3.05, 3.63) is 52.5 Å². The first-order valence-electron chi connectivity index (χ1n) is 10.1. The molecule has 0 radical (unpaired) electrons. The third-order valence-electron chi connectivity index (χ3n) is 5.32. The molecule has 0 unspecified atom stereocenters. The molecule has 4 aromatic rings. The third-order valence-corrected chi connectivity index (χ3v) is 5.95. The number of anilines is 1. The quantitative estimate of drug-likeness (QED) is 0.423. The van der Waals surface area contributed by atoms with Gasteiger partial charge in [-0.05, 0) is 60.0 Å². The lowest BCUT2D eigenvalue weighted by molar-refractivity contribution is 0.268. The topological polar surface area (TPSA) is 98.0 Å². The van der Waals surface area contributed by atoms with Gasteiger partial charge in [-0.2, -0.15) is 4.98 Å². The van der Waals surface area contributed by atoms with Crippen LogP contribution in [0.3, 0.4) is 0 Å². The average Bonchev–Trinajstić information content (AvgIpc) is 3.28. The number of phenols is 1. The molecule has 0 atom stereocenters. The van der Waals surface area contributed by atoms with Crippen molar-refractivity contribution in [1.29, 1.82) is 0 Å². The summed E-state index contributed by atoms with van der Waals surface area (Å²) in [5.41, 5.74) is 2.40. The number of pyridine rings is 1. The average molecular weight is 499 g/mol. The molecule has 0 saturated carbocycles. The Bertz CT molecular complexity index is 1340. The van der Waals surface area contributed by atoms with E-state index in [1.807, 2.05) is 30.5 Å². The molecule has 8 nitrogen and oxygen atoms in total. The first-order chi connectivity index (χ1) is 15.3. The zero-order valence-electron chi connectivity index (χ0n) is 17.4. The molecule has 0 saturated heterocycles. The van der Waals surface area contributed by atoms with Gasteiger partial charge in [-0.15, -0.1) is 0 Å². The van der Waals surface area contributed by atoms with Crippen LogP contribution in [0.4, 0.5) is 10.2 Å². The first kappa shape index (κ1) is 20.6. The number of halogens is 2. The molecular weight excluding hydrogens is 479 g/mol. The van der Waals surface area contributed by atoms with Crippen LogP contribution in [0.2, 0.25) is 0 Å². The fourth-order valence-electron chi connectivity index (χ4n) is 3.70. The molecule has 0 bridgehead atoms. The van der Waals surface area contributed by atoms with E-state index in [9.17, 15) is 9.50 Å². The Morgan fingerprint density at radius 3 is 2.84 bits per heavy atom. The van der Waals surface area contributed by atoms with E-state index in [0.717, 1.165) is 11.8 Å². The lowest BCUT2D eigenvalue weighted by Gasteiger charge is -2.18. The smallest absolute Gasteiger partial charge is 0.299 e. The molecule has 1 aromatic carbocycles. The van der Waals surface area contributed by atoms with E-state index in [2.05, 4.69) is 36.2 Å². The van der Waals surface area contributed by atoms with Crippen LogP contribution in [-0.4, -0.2) is 42.8 Å². The van der Waals surface area contributed by atoms with Crippen LogP contribution < -0.4 is 10.1 Å². The highest BCUT2D eigenvalue weighted by Crippen LogP contribution is 2.37. The Labute approximate surface area is 191 Å². The van der Waals surface area contributed by atoms with Gasteiger partial charge in [0.05, 0.1) is 16.2 Å². The second-order valence-electron chi connectivity index (χ2n) is 8.25. The van der Waals surface area contributed by atoms with Crippen molar-refractivity contribution in [3.63, 3.8) is 0 Å². The number of aromatic nitrogens is 5. The zero-order valence-corrected chi connectivity index (χ0v) is 19.0.